The molecule has 0 aliphatic heterocycles. The fourth-order valence-corrected chi connectivity index (χ4v) is 9.88. The maximum absolute atomic E-state index is 6.42. The Kier molecular flexibility index (Phi) is 7.14. The zero-order chi connectivity index (χ0) is 38.2. The van der Waals surface area contributed by atoms with Crippen molar-refractivity contribution in [1.82, 2.24) is 0 Å². The Morgan fingerprint density at radius 3 is 1.40 bits per heavy atom. The van der Waals surface area contributed by atoms with Crippen molar-refractivity contribution in [3.05, 3.63) is 241 Å². The van der Waals surface area contributed by atoms with Gasteiger partial charge in [0.1, 0.15) is 11.2 Å². The van der Waals surface area contributed by atoms with Gasteiger partial charge in [-0.25, -0.2) is 0 Å². The number of nitrogens with zero attached hydrogens (tertiary/aromatic N) is 2. The first kappa shape index (κ1) is 32.6. The average molecular weight is 741 g/mol. The molecule has 3 nitrogen and oxygen atoms in total. The third kappa shape index (κ3) is 4.68. The molecule has 0 saturated carbocycles. The van der Waals surface area contributed by atoms with Crippen LogP contribution >= 0.6 is 0 Å². The fraction of sp³-hybridized carbons (Fsp3) is 0.0182. The van der Waals surface area contributed by atoms with Crippen LogP contribution in [-0.4, -0.2) is 0 Å². The molecule has 1 aromatic heterocycles. The lowest BCUT2D eigenvalue weighted by atomic mass is 9.70. The van der Waals surface area contributed by atoms with Crippen molar-refractivity contribution in [2.24, 2.45) is 0 Å². The van der Waals surface area contributed by atoms with Gasteiger partial charge < -0.3 is 14.2 Å². The molecular weight excluding hydrogens is 705 g/mol. The van der Waals surface area contributed by atoms with E-state index in [2.05, 4.69) is 216 Å². The number of hydrogen-bond donors (Lipinski definition) is 0. The molecule has 0 bridgehead atoms. The van der Waals surface area contributed by atoms with Crippen LogP contribution in [0.25, 0.3) is 44.2 Å². The quantitative estimate of drug-likeness (QED) is 0.169. The van der Waals surface area contributed by atoms with E-state index >= 15 is 0 Å². The smallest absolute Gasteiger partial charge is 0.137 e. The Morgan fingerprint density at radius 2 is 0.724 bits per heavy atom. The van der Waals surface area contributed by atoms with E-state index in [4.69, 9.17) is 4.42 Å². The zero-order valence-electron chi connectivity index (χ0n) is 31.6. The Morgan fingerprint density at radius 1 is 0.276 bits per heavy atom. The normalized spacial score (nSPS) is 14.6. The molecule has 58 heavy (non-hydrogen) atoms. The van der Waals surface area contributed by atoms with Crippen LogP contribution in [0.4, 0.5) is 34.1 Å². The third-order valence-corrected chi connectivity index (χ3v) is 12.2. The molecule has 9 aromatic carbocycles. The highest BCUT2D eigenvalue weighted by Gasteiger charge is 2.52. The summed E-state index contributed by atoms with van der Waals surface area (Å²) >= 11 is 0. The summed E-state index contributed by atoms with van der Waals surface area (Å²) in [5.41, 5.74) is 18.2. The largest absolute Gasteiger partial charge is 0.456 e. The number of para-hydroxylation sites is 4. The van der Waals surface area contributed by atoms with Gasteiger partial charge in [0.15, 0.2) is 0 Å². The van der Waals surface area contributed by atoms with E-state index < -0.39 is 5.41 Å². The number of benzene rings is 9. The van der Waals surface area contributed by atoms with Crippen LogP contribution in [0, 0.1) is 0 Å². The maximum atomic E-state index is 6.42. The van der Waals surface area contributed by atoms with Crippen molar-refractivity contribution in [2.45, 2.75) is 5.41 Å². The highest BCUT2D eigenvalue weighted by atomic mass is 16.3. The minimum atomic E-state index is -0.504. The van der Waals surface area contributed by atoms with Crippen LogP contribution in [0.1, 0.15) is 22.3 Å². The van der Waals surface area contributed by atoms with Gasteiger partial charge in [-0.15, -0.1) is 0 Å². The predicted octanol–water partition coefficient (Wildman–Crippen LogP) is 14.9. The van der Waals surface area contributed by atoms with Gasteiger partial charge in [-0.3, -0.25) is 0 Å². The molecule has 0 saturated heterocycles. The number of furan rings is 1. The fourth-order valence-electron chi connectivity index (χ4n) is 9.88. The summed E-state index contributed by atoms with van der Waals surface area (Å²) in [6.45, 7) is 0. The number of rotatable bonds is 6. The van der Waals surface area contributed by atoms with Crippen LogP contribution in [0.2, 0.25) is 0 Å². The Labute approximate surface area is 337 Å². The Bertz CT molecular complexity index is 3150. The van der Waals surface area contributed by atoms with E-state index in [0.717, 1.165) is 56.1 Å². The van der Waals surface area contributed by atoms with Gasteiger partial charge in [0.25, 0.3) is 0 Å². The molecule has 272 valence electrons. The van der Waals surface area contributed by atoms with E-state index in [1.54, 1.807) is 0 Å². The molecule has 0 radical (unpaired) electrons. The molecule has 1 heterocycles. The van der Waals surface area contributed by atoms with Crippen molar-refractivity contribution in [2.75, 3.05) is 9.80 Å². The van der Waals surface area contributed by atoms with Gasteiger partial charge in [0.2, 0.25) is 0 Å². The van der Waals surface area contributed by atoms with Gasteiger partial charge in [0.05, 0.1) is 5.41 Å². The molecule has 10 aromatic rings. The Hall–Kier alpha value is -7.62. The number of hydrogen-bond acceptors (Lipinski definition) is 3. The lowest BCUT2D eigenvalue weighted by molar-refractivity contribution is 0.669. The summed E-state index contributed by atoms with van der Waals surface area (Å²) in [5, 5.41) is 2.25. The zero-order valence-corrected chi connectivity index (χ0v) is 31.6. The second-order valence-electron chi connectivity index (χ2n) is 15.3. The van der Waals surface area contributed by atoms with Crippen molar-refractivity contribution in [3.63, 3.8) is 0 Å². The second kappa shape index (κ2) is 12.7. The summed E-state index contributed by atoms with van der Waals surface area (Å²) in [4.78, 5) is 4.73. The number of anilines is 6. The van der Waals surface area contributed by atoms with E-state index in [0.29, 0.717) is 0 Å². The molecule has 1 unspecified atom stereocenters. The van der Waals surface area contributed by atoms with Crippen LogP contribution in [0.5, 0.6) is 0 Å². The highest BCUT2D eigenvalue weighted by molar-refractivity contribution is 6.06. The van der Waals surface area contributed by atoms with E-state index in [1.807, 2.05) is 12.1 Å². The van der Waals surface area contributed by atoms with E-state index in [-0.39, 0.29) is 0 Å². The second-order valence-corrected chi connectivity index (χ2v) is 15.3. The van der Waals surface area contributed by atoms with Crippen LogP contribution in [0.3, 0.4) is 0 Å². The monoisotopic (exact) mass is 740 g/mol. The number of fused-ring (bicyclic) bond motifs is 13. The van der Waals surface area contributed by atoms with E-state index in [1.165, 1.54) is 44.5 Å². The van der Waals surface area contributed by atoms with E-state index in [9.17, 15) is 0 Å². The van der Waals surface area contributed by atoms with Gasteiger partial charge >= 0.3 is 0 Å². The first-order chi connectivity index (χ1) is 28.8. The van der Waals surface area contributed by atoms with Crippen molar-refractivity contribution >= 4 is 56.1 Å². The topological polar surface area (TPSA) is 19.6 Å². The maximum Gasteiger partial charge on any atom is 0.137 e. The lowest BCUT2D eigenvalue weighted by Crippen LogP contribution is -2.26. The molecule has 12 rings (SSSR count). The van der Waals surface area contributed by atoms with Crippen LogP contribution < -0.4 is 9.80 Å². The third-order valence-electron chi connectivity index (χ3n) is 12.2. The molecular formula is C55H36N2O. The summed E-state index contributed by atoms with van der Waals surface area (Å²) in [6.07, 6.45) is 0. The van der Waals surface area contributed by atoms with Crippen molar-refractivity contribution in [3.8, 4) is 22.3 Å². The van der Waals surface area contributed by atoms with Crippen LogP contribution in [-0.2, 0) is 5.41 Å². The molecule has 0 amide bonds. The first-order valence-corrected chi connectivity index (χ1v) is 19.9. The van der Waals surface area contributed by atoms with Crippen molar-refractivity contribution in [1.29, 1.82) is 0 Å². The molecule has 2 aliphatic rings. The van der Waals surface area contributed by atoms with Gasteiger partial charge in [-0.05, 0) is 123 Å². The first-order valence-electron chi connectivity index (χ1n) is 19.9. The van der Waals surface area contributed by atoms with Gasteiger partial charge in [0, 0.05) is 51.0 Å². The van der Waals surface area contributed by atoms with Crippen molar-refractivity contribution < 1.29 is 4.42 Å². The average Bonchev–Trinajstić information content (AvgIpc) is 3.91. The Balaban J connectivity index is 1.08. The SMILES string of the molecule is c1ccc(N(c2ccccc2)c2ccc3c(c2)C2(c4ccccc4-c4cc(N(c5ccccc5)c5ccc6c(c5)oc5ccccc56)ccc42)c2ccccc2-3)cc1. The lowest BCUT2D eigenvalue weighted by Gasteiger charge is -2.32. The summed E-state index contributed by atoms with van der Waals surface area (Å²) in [6, 6.07) is 79.2. The molecule has 0 N–H and O–H groups in total. The van der Waals surface area contributed by atoms with Gasteiger partial charge in [-0.2, -0.15) is 0 Å². The minimum Gasteiger partial charge on any atom is -0.456 e. The summed E-state index contributed by atoms with van der Waals surface area (Å²) < 4.78 is 6.42. The van der Waals surface area contributed by atoms with Gasteiger partial charge in [-0.1, -0.05) is 133 Å². The van der Waals surface area contributed by atoms with Crippen LogP contribution in [0.15, 0.2) is 223 Å². The summed E-state index contributed by atoms with van der Waals surface area (Å²) in [5.74, 6) is 0. The molecule has 1 spiro atoms. The molecule has 3 heteroatoms. The minimum absolute atomic E-state index is 0.504. The standard InChI is InChI=1S/C55H36N2O/c1-4-16-37(17-5-1)56(38-18-6-2-7-19-38)41-28-31-45-43-22-10-13-25-49(43)55(52(45)35-41)50-26-14-11-23-44(50)48-34-40(30-33-51(48)55)57(39-20-8-3-9-21-39)42-29-32-47-46-24-12-15-27-53(46)58-54(47)36-42/h1-36H. The predicted molar refractivity (Wildman–Crippen MR) is 239 cm³/mol. The highest BCUT2D eigenvalue weighted by Crippen LogP contribution is 2.64. The molecule has 0 fully saturated rings. The molecule has 1 atom stereocenters. The molecule has 2 aliphatic carbocycles. The summed E-state index contributed by atoms with van der Waals surface area (Å²) in [7, 11) is 0.